The second kappa shape index (κ2) is 9.45. The fourth-order valence-electron chi connectivity index (χ4n) is 3.75. The molecule has 0 radical (unpaired) electrons. The summed E-state index contributed by atoms with van der Waals surface area (Å²) in [6.45, 7) is 0.326. The number of aliphatic hydroxyl groups is 2. The molecule has 1 saturated carbocycles. The van der Waals surface area contributed by atoms with Crippen molar-refractivity contribution in [3.05, 3.63) is 35.6 Å². The van der Waals surface area contributed by atoms with Crippen molar-refractivity contribution in [2.75, 3.05) is 6.54 Å². The highest BCUT2D eigenvalue weighted by Crippen LogP contribution is 2.26. The SMILES string of the molecule is O=C(C[C@H]1O[C@H](CNC(=O)C2CCCC2)[C@@H](O)[C@H]1O)NCc1ccc(F)cc1. The molecule has 1 aromatic rings. The topological polar surface area (TPSA) is 108 Å². The molecule has 0 bridgehead atoms. The molecule has 28 heavy (non-hydrogen) atoms. The minimum atomic E-state index is -1.20. The Labute approximate surface area is 163 Å². The first kappa shape index (κ1) is 20.7. The van der Waals surface area contributed by atoms with Crippen LogP contribution in [0.15, 0.2) is 24.3 Å². The molecule has 2 aliphatic rings. The van der Waals surface area contributed by atoms with Crippen LogP contribution in [-0.4, -0.2) is 53.0 Å². The van der Waals surface area contributed by atoms with Crippen LogP contribution in [0.5, 0.6) is 0 Å². The van der Waals surface area contributed by atoms with Crippen LogP contribution in [0.3, 0.4) is 0 Å². The maximum Gasteiger partial charge on any atom is 0.223 e. The van der Waals surface area contributed by atoms with E-state index >= 15 is 0 Å². The van der Waals surface area contributed by atoms with E-state index in [0.29, 0.717) is 0 Å². The maximum atomic E-state index is 12.9. The average Bonchev–Trinajstić information content (AvgIpc) is 3.31. The lowest BCUT2D eigenvalue weighted by atomic mass is 10.0. The van der Waals surface area contributed by atoms with E-state index in [-0.39, 0.29) is 43.1 Å². The monoisotopic (exact) mass is 394 g/mol. The molecule has 1 aliphatic carbocycles. The second-order valence-electron chi connectivity index (χ2n) is 7.53. The summed E-state index contributed by atoms with van der Waals surface area (Å²) < 4.78 is 18.5. The number of aliphatic hydroxyl groups excluding tert-OH is 2. The van der Waals surface area contributed by atoms with E-state index in [1.54, 1.807) is 12.1 Å². The Morgan fingerprint density at radius 2 is 1.68 bits per heavy atom. The van der Waals surface area contributed by atoms with Crippen molar-refractivity contribution in [1.82, 2.24) is 10.6 Å². The van der Waals surface area contributed by atoms with Crippen molar-refractivity contribution < 1.29 is 28.9 Å². The quantitative estimate of drug-likeness (QED) is 0.543. The Balaban J connectivity index is 1.43. The zero-order valence-electron chi connectivity index (χ0n) is 15.6. The molecule has 0 aromatic heterocycles. The standard InChI is InChI=1S/C20H27FN2O5/c21-14-7-5-12(6-8-14)10-22-17(24)9-15-18(25)19(26)16(28-15)11-23-20(27)13-3-1-2-4-13/h5-8,13,15-16,18-19,25-26H,1-4,9-11H2,(H,22,24)(H,23,27)/t15-,16-,18+,19-/m1/s1. The van der Waals surface area contributed by atoms with Gasteiger partial charge in [-0.1, -0.05) is 25.0 Å². The molecule has 2 amide bonds. The molecule has 4 N–H and O–H groups in total. The molecule has 3 rings (SSSR count). The van der Waals surface area contributed by atoms with Crippen LogP contribution in [0.25, 0.3) is 0 Å². The fourth-order valence-corrected chi connectivity index (χ4v) is 3.75. The van der Waals surface area contributed by atoms with Gasteiger partial charge in [-0.25, -0.2) is 4.39 Å². The Kier molecular flexibility index (Phi) is 6.98. The number of amides is 2. The summed E-state index contributed by atoms with van der Waals surface area (Å²) in [6, 6.07) is 5.77. The fraction of sp³-hybridized carbons (Fsp3) is 0.600. The zero-order valence-corrected chi connectivity index (χ0v) is 15.6. The summed E-state index contributed by atoms with van der Waals surface area (Å²) in [6.07, 6.45) is -0.246. The lowest BCUT2D eigenvalue weighted by Crippen LogP contribution is -2.41. The molecular formula is C20H27FN2O5. The van der Waals surface area contributed by atoms with E-state index < -0.39 is 24.4 Å². The predicted molar refractivity (Wildman–Crippen MR) is 98.5 cm³/mol. The molecular weight excluding hydrogens is 367 g/mol. The Hall–Kier alpha value is -2.03. The number of hydrogen-bond donors (Lipinski definition) is 4. The molecule has 7 nitrogen and oxygen atoms in total. The van der Waals surface area contributed by atoms with E-state index in [1.165, 1.54) is 12.1 Å². The molecule has 1 heterocycles. The first-order valence-corrected chi connectivity index (χ1v) is 9.74. The number of hydrogen-bond acceptors (Lipinski definition) is 5. The van der Waals surface area contributed by atoms with Gasteiger partial charge >= 0.3 is 0 Å². The van der Waals surface area contributed by atoms with Crippen molar-refractivity contribution in [1.29, 1.82) is 0 Å². The van der Waals surface area contributed by atoms with Crippen molar-refractivity contribution in [2.24, 2.45) is 5.92 Å². The van der Waals surface area contributed by atoms with Gasteiger partial charge in [-0.15, -0.1) is 0 Å². The zero-order chi connectivity index (χ0) is 20.1. The lowest BCUT2D eigenvalue weighted by molar-refractivity contribution is -0.127. The smallest absolute Gasteiger partial charge is 0.223 e. The summed E-state index contributed by atoms with van der Waals surface area (Å²) in [4.78, 5) is 24.2. The van der Waals surface area contributed by atoms with Crippen LogP contribution in [0.4, 0.5) is 4.39 Å². The Bertz CT molecular complexity index is 678. The third-order valence-electron chi connectivity index (χ3n) is 5.45. The van der Waals surface area contributed by atoms with E-state index in [4.69, 9.17) is 4.74 Å². The van der Waals surface area contributed by atoms with Gasteiger partial charge in [0.05, 0.1) is 12.5 Å². The molecule has 154 valence electrons. The van der Waals surface area contributed by atoms with Gasteiger partial charge in [0, 0.05) is 19.0 Å². The van der Waals surface area contributed by atoms with Crippen LogP contribution in [0, 0.1) is 11.7 Å². The number of nitrogens with one attached hydrogen (secondary N) is 2. The van der Waals surface area contributed by atoms with Gasteiger partial charge in [0.25, 0.3) is 0 Å². The maximum absolute atomic E-state index is 12.9. The number of carbonyl (C=O) groups is 2. The van der Waals surface area contributed by atoms with Gasteiger partial charge in [-0.2, -0.15) is 0 Å². The van der Waals surface area contributed by atoms with E-state index in [2.05, 4.69) is 10.6 Å². The normalized spacial score (nSPS) is 27.7. The van der Waals surface area contributed by atoms with Crippen LogP contribution >= 0.6 is 0 Å². The van der Waals surface area contributed by atoms with Gasteiger partial charge in [0.15, 0.2) is 0 Å². The van der Waals surface area contributed by atoms with Crippen LogP contribution in [-0.2, 0) is 20.9 Å². The molecule has 2 fully saturated rings. The van der Waals surface area contributed by atoms with Crippen molar-refractivity contribution in [2.45, 2.75) is 63.1 Å². The third-order valence-corrected chi connectivity index (χ3v) is 5.45. The number of ether oxygens (including phenoxy) is 1. The minimum absolute atomic E-state index is 0.0107. The number of rotatable bonds is 7. The first-order chi connectivity index (χ1) is 13.4. The van der Waals surface area contributed by atoms with Gasteiger partial charge in [0.1, 0.15) is 24.1 Å². The van der Waals surface area contributed by atoms with Gasteiger partial charge in [0.2, 0.25) is 11.8 Å². The summed E-state index contributed by atoms with van der Waals surface area (Å²) in [5.41, 5.74) is 0.746. The van der Waals surface area contributed by atoms with Gasteiger partial charge < -0.3 is 25.6 Å². The summed E-state index contributed by atoms with van der Waals surface area (Å²) in [5, 5.41) is 25.8. The molecule has 0 unspecified atom stereocenters. The first-order valence-electron chi connectivity index (χ1n) is 9.74. The largest absolute Gasteiger partial charge is 0.388 e. The number of halogens is 1. The molecule has 4 atom stereocenters. The highest BCUT2D eigenvalue weighted by atomic mass is 19.1. The second-order valence-corrected chi connectivity index (χ2v) is 7.53. The van der Waals surface area contributed by atoms with Crippen LogP contribution in [0.1, 0.15) is 37.7 Å². The van der Waals surface area contributed by atoms with Crippen molar-refractivity contribution in [3.63, 3.8) is 0 Å². The minimum Gasteiger partial charge on any atom is -0.388 e. The van der Waals surface area contributed by atoms with Crippen molar-refractivity contribution >= 4 is 11.8 Å². The highest BCUT2D eigenvalue weighted by Gasteiger charge is 2.43. The molecule has 1 aromatic carbocycles. The number of benzene rings is 1. The van der Waals surface area contributed by atoms with Crippen LogP contribution < -0.4 is 10.6 Å². The molecule has 8 heteroatoms. The van der Waals surface area contributed by atoms with Gasteiger partial charge in [-0.3, -0.25) is 9.59 Å². The Morgan fingerprint density at radius 3 is 2.36 bits per heavy atom. The van der Waals surface area contributed by atoms with E-state index in [0.717, 1.165) is 31.2 Å². The summed E-state index contributed by atoms with van der Waals surface area (Å²) in [7, 11) is 0. The van der Waals surface area contributed by atoms with E-state index in [1.807, 2.05) is 0 Å². The van der Waals surface area contributed by atoms with E-state index in [9.17, 15) is 24.2 Å². The average molecular weight is 394 g/mol. The molecule has 1 saturated heterocycles. The number of carbonyl (C=O) groups excluding carboxylic acids is 2. The third kappa shape index (κ3) is 5.27. The highest BCUT2D eigenvalue weighted by molar-refractivity contribution is 5.79. The Morgan fingerprint density at radius 1 is 1.04 bits per heavy atom. The molecule has 1 aliphatic heterocycles. The van der Waals surface area contributed by atoms with Gasteiger partial charge in [-0.05, 0) is 30.5 Å². The predicted octanol–water partition coefficient (Wildman–Crippen LogP) is 0.628. The molecule has 0 spiro atoms. The lowest BCUT2D eigenvalue weighted by Gasteiger charge is -2.17. The van der Waals surface area contributed by atoms with Crippen molar-refractivity contribution in [3.8, 4) is 0 Å². The van der Waals surface area contributed by atoms with Crippen LogP contribution in [0.2, 0.25) is 0 Å². The summed E-state index contributed by atoms with van der Waals surface area (Å²) >= 11 is 0. The summed E-state index contributed by atoms with van der Waals surface area (Å²) in [5.74, 6) is -0.742.